The molecule has 1 nitrogen and oxygen atoms in total. The zero-order chi connectivity index (χ0) is 12.0. The van der Waals surface area contributed by atoms with Crippen LogP contribution in [0.1, 0.15) is 59.3 Å². The number of hydrogen-bond acceptors (Lipinski definition) is 1. The third-order valence-corrected chi connectivity index (χ3v) is 5.36. The molecule has 3 atom stereocenters. The van der Waals surface area contributed by atoms with Gasteiger partial charge in [0.1, 0.15) is 0 Å². The first-order valence-corrected chi connectivity index (χ1v) is 6.80. The molecular weight excluding hydrogens is 196 g/mol. The van der Waals surface area contributed by atoms with Crippen molar-refractivity contribution in [3.63, 3.8) is 0 Å². The largest absolute Gasteiger partial charge is 0.385 e. The molecule has 0 amide bonds. The molecule has 0 heterocycles. The maximum Gasteiger partial charge on any atom is 0.0910 e. The van der Waals surface area contributed by atoms with Gasteiger partial charge in [0.15, 0.2) is 0 Å². The van der Waals surface area contributed by atoms with Gasteiger partial charge in [0.2, 0.25) is 0 Å². The fourth-order valence-corrected chi connectivity index (χ4v) is 3.81. The highest BCUT2D eigenvalue weighted by atomic mass is 16.3. The van der Waals surface area contributed by atoms with Gasteiger partial charge in [-0.15, -0.1) is 0 Å². The van der Waals surface area contributed by atoms with Crippen LogP contribution in [0.3, 0.4) is 0 Å². The highest BCUT2D eigenvalue weighted by Gasteiger charge is 2.53. The Kier molecular flexibility index (Phi) is 2.94. The standard InChI is InChI=1S/C15H26O/c1-11(2)13-7-9-14(4)8-5-6-12(3)15(14,16)10-13/h11,13,16H,3,5-10H2,1-2,4H3. The molecule has 0 aliphatic heterocycles. The molecule has 16 heavy (non-hydrogen) atoms. The van der Waals surface area contributed by atoms with E-state index >= 15 is 0 Å². The van der Waals surface area contributed by atoms with Crippen LogP contribution in [0, 0.1) is 17.3 Å². The summed E-state index contributed by atoms with van der Waals surface area (Å²) >= 11 is 0. The molecule has 0 aromatic rings. The molecule has 0 bridgehead atoms. The molecule has 2 saturated carbocycles. The number of aliphatic hydroxyl groups is 1. The normalized spacial score (nSPS) is 44.6. The van der Waals surface area contributed by atoms with E-state index in [0.717, 1.165) is 18.4 Å². The maximum absolute atomic E-state index is 11.0. The van der Waals surface area contributed by atoms with E-state index in [1.165, 1.54) is 25.7 Å². The Balaban J connectivity index is 2.26. The second-order valence-electron chi connectivity index (χ2n) is 6.62. The molecule has 0 aromatic carbocycles. The summed E-state index contributed by atoms with van der Waals surface area (Å²) in [5.41, 5.74) is 0.637. The molecule has 92 valence electrons. The van der Waals surface area contributed by atoms with Crippen molar-refractivity contribution >= 4 is 0 Å². The van der Waals surface area contributed by atoms with Crippen molar-refractivity contribution in [1.29, 1.82) is 0 Å². The van der Waals surface area contributed by atoms with Gasteiger partial charge >= 0.3 is 0 Å². The monoisotopic (exact) mass is 222 g/mol. The Morgan fingerprint density at radius 2 is 2.06 bits per heavy atom. The lowest BCUT2D eigenvalue weighted by molar-refractivity contribution is -0.116. The zero-order valence-corrected chi connectivity index (χ0v) is 11.1. The van der Waals surface area contributed by atoms with Crippen molar-refractivity contribution in [3.8, 4) is 0 Å². The summed E-state index contributed by atoms with van der Waals surface area (Å²) in [6.07, 6.45) is 6.81. The van der Waals surface area contributed by atoms with E-state index in [0.29, 0.717) is 11.8 Å². The first kappa shape index (κ1) is 12.2. The minimum atomic E-state index is -0.571. The molecular formula is C15H26O. The fraction of sp³-hybridized carbons (Fsp3) is 0.867. The van der Waals surface area contributed by atoms with Gasteiger partial charge in [-0.1, -0.05) is 27.4 Å². The van der Waals surface area contributed by atoms with Gasteiger partial charge in [0.05, 0.1) is 5.60 Å². The second-order valence-corrected chi connectivity index (χ2v) is 6.62. The molecule has 2 fully saturated rings. The Labute approximate surface area is 99.9 Å². The summed E-state index contributed by atoms with van der Waals surface area (Å²) in [5.74, 6) is 1.36. The minimum Gasteiger partial charge on any atom is -0.385 e. The van der Waals surface area contributed by atoms with E-state index in [-0.39, 0.29) is 5.41 Å². The quantitative estimate of drug-likeness (QED) is 0.667. The number of hydrogen-bond donors (Lipinski definition) is 1. The zero-order valence-electron chi connectivity index (χ0n) is 11.1. The van der Waals surface area contributed by atoms with Crippen molar-refractivity contribution in [2.45, 2.75) is 64.9 Å². The lowest BCUT2D eigenvalue weighted by Gasteiger charge is -2.55. The van der Waals surface area contributed by atoms with E-state index in [9.17, 15) is 5.11 Å². The van der Waals surface area contributed by atoms with E-state index in [1.807, 2.05) is 0 Å². The third-order valence-electron chi connectivity index (χ3n) is 5.36. The predicted octanol–water partition coefficient (Wildman–Crippen LogP) is 3.92. The topological polar surface area (TPSA) is 20.2 Å². The maximum atomic E-state index is 11.0. The van der Waals surface area contributed by atoms with E-state index in [1.54, 1.807) is 0 Å². The molecule has 1 N–H and O–H groups in total. The first-order chi connectivity index (χ1) is 7.39. The Bertz CT molecular complexity index is 294. The summed E-state index contributed by atoms with van der Waals surface area (Å²) in [4.78, 5) is 0. The number of fused-ring (bicyclic) bond motifs is 1. The van der Waals surface area contributed by atoms with Crippen molar-refractivity contribution in [2.24, 2.45) is 17.3 Å². The van der Waals surface area contributed by atoms with E-state index < -0.39 is 5.60 Å². The molecule has 3 unspecified atom stereocenters. The summed E-state index contributed by atoms with van der Waals surface area (Å²) in [6, 6.07) is 0. The average Bonchev–Trinajstić information content (AvgIpc) is 2.20. The Hall–Kier alpha value is -0.300. The second kappa shape index (κ2) is 3.87. The van der Waals surface area contributed by atoms with Crippen molar-refractivity contribution in [3.05, 3.63) is 12.2 Å². The van der Waals surface area contributed by atoms with Crippen LogP contribution in [-0.4, -0.2) is 10.7 Å². The average molecular weight is 222 g/mol. The summed E-state index contributed by atoms with van der Waals surface area (Å²) in [7, 11) is 0. The van der Waals surface area contributed by atoms with Crippen LogP contribution in [0.2, 0.25) is 0 Å². The lowest BCUT2D eigenvalue weighted by Crippen LogP contribution is -2.54. The molecule has 0 radical (unpaired) electrons. The van der Waals surface area contributed by atoms with Crippen LogP contribution in [0.15, 0.2) is 12.2 Å². The molecule has 0 spiro atoms. The van der Waals surface area contributed by atoms with Crippen LogP contribution in [0.4, 0.5) is 0 Å². The van der Waals surface area contributed by atoms with Gasteiger partial charge in [0, 0.05) is 5.41 Å². The van der Waals surface area contributed by atoms with E-state index in [2.05, 4.69) is 27.4 Å². The van der Waals surface area contributed by atoms with Gasteiger partial charge in [-0.25, -0.2) is 0 Å². The van der Waals surface area contributed by atoms with Crippen LogP contribution < -0.4 is 0 Å². The van der Waals surface area contributed by atoms with Gasteiger partial charge in [-0.2, -0.15) is 0 Å². The molecule has 1 heteroatoms. The Morgan fingerprint density at radius 3 is 2.69 bits per heavy atom. The molecule has 2 aliphatic rings. The fourth-order valence-electron chi connectivity index (χ4n) is 3.81. The van der Waals surface area contributed by atoms with Crippen LogP contribution in [0.5, 0.6) is 0 Å². The third kappa shape index (κ3) is 1.64. The molecule has 0 aromatic heterocycles. The predicted molar refractivity (Wildman–Crippen MR) is 68.2 cm³/mol. The van der Waals surface area contributed by atoms with Gasteiger partial charge in [-0.05, 0) is 55.9 Å². The van der Waals surface area contributed by atoms with Crippen LogP contribution in [0.25, 0.3) is 0 Å². The lowest BCUT2D eigenvalue weighted by atomic mass is 9.53. The molecule has 0 saturated heterocycles. The van der Waals surface area contributed by atoms with Gasteiger partial charge in [-0.3, -0.25) is 0 Å². The van der Waals surface area contributed by atoms with Gasteiger partial charge < -0.3 is 5.11 Å². The highest BCUT2D eigenvalue weighted by Crippen LogP contribution is 2.56. The molecule has 2 rings (SSSR count). The van der Waals surface area contributed by atoms with Crippen molar-refractivity contribution in [1.82, 2.24) is 0 Å². The number of rotatable bonds is 1. The van der Waals surface area contributed by atoms with Gasteiger partial charge in [0.25, 0.3) is 0 Å². The smallest absolute Gasteiger partial charge is 0.0910 e. The SMILES string of the molecule is C=C1CCCC2(C)CCC(C(C)C)CC12O. The minimum absolute atomic E-state index is 0.105. The molecule has 2 aliphatic carbocycles. The Morgan fingerprint density at radius 1 is 1.38 bits per heavy atom. The summed E-state index contributed by atoms with van der Waals surface area (Å²) in [6.45, 7) is 11.0. The van der Waals surface area contributed by atoms with Crippen LogP contribution >= 0.6 is 0 Å². The summed E-state index contributed by atoms with van der Waals surface area (Å²) in [5, 5.41) is 11.0. The first-order valence-electron chi connectivity index (χ1n) is 6.80. The van der Waals surface area contributed by atoms with E-state index in [4.69, 9.17) is 0 Å². The van der Waals surface area contributed by atoms with Crippen molar-refractivity contribution < 1.29 is 5.11 Å². The van der Waals surface area contributed by atoms with Crippen LogP contribution in [-0.2, 0) is 0 Å². The summed E-state index contributed by atoms with van der Waals surface area (Å²) < 4.78 is 0. The van der Waals surface area contributed by atoms with Crippen molar-refractivity contribution in [2.75, 3.05) is 0 Å². The highest BCUT2D eigenvalue weighted by molar-refractivity contribution is 5.23.